The van der Waals surface area contributed by atoms with E-state index in [4.69, 9.17) is 0 Å². The van der Waals surface area contributed by atoms with Crippen molar-refractivity contribution in [2.24, 2.45) is 5.92 Å². The van der Waals surface area contributed by atoms with E-state index in [-0.39, 0.29) is 0 Å². The van der Waals surface area contributed by atoms with E-state index in [0.29, 0.717) is 0 Å². The van der Waals surface area contributed by atoms with Gasteiger partial charge in [-0.1, -0.05) is 13.0 Å². The Morgan fingerprint density at radius 3 is 2.83 bits per heavy atom. The van der Waals surface area contributed by atoms with Gasteiger partial charge in [-0.2, -0.15) is 0 Å². The van der Waals surface area contributed by atoms with Gasteiger partial charge in [0.2, 0.25) is 0 Å². The quantitative estimate of drug-likeness (QED) is 0.862. The summed E-state index contributed by atoms with van der Waals surface area (Å²) in [7, 11) is 0. The largest absolute Gasteiger partial charge is 0.310 e. The van der Waals surface area contributed by atoms with E-state index in [9.17, 15) is 0 Å². The van der Waals surface area contributed by atoms with Crippen LogP contribution in [0.15, 0.2) is 18.3 Å². The maximum atomic E-state index is 4.58. The molecule has 1 saturated heterocycles. The van der Waals surface area contributed by atoms with E-state index in [2.05, 4.69) is 34.3 Å². The summed E-state index contributed by atoms with van der Waals surface area (Å²) in [6, 6.07) is 5.18. The SMILES string of the molecule is CC1CCN(Cc2ccc(CNC3CC3)cn2)C1. The minimum atomic E-state index is 0.774. The highest BCUT2D eigenvalue weighted by Crippen LogP contribution is 2.19. The van der Waals surface area contributed by atoms with Gasteiger partial charge < -0.3 is 5.32 Å². The predicted molar refractivity (Wildman–Crippen MR) is 73.2 cm³/mol. The van der Waals surface area contributed by atoms with Gasteiger partial charge in [-0.05, 0) is 43.4 Å². The summed E-state index contributed by atoms with van der Waals surface area (Å²) in [5.74, 6) is 0.854. The fourth-order valence-corrected chi connectivity index (χ4v) is 2.60. The third-order valence-electron chi connectivity index (χ3n) is 3.95. The van der Waals surface area contributed by atoms with E-state index >= 15 is 0 Å². The van der Waals surface area contributed by atoms with Crippen LogP contribution in [0.4, 0.5) is 0 Å². The molecule has 1 N–H and O–H groups in total. The lowest BCUT2D eigenvalue weighted by Crippen LogP contribution is -2.20. The van der Waals surface area contributed by atoms with Crippen molar-refractivity contribution in [3.05, 3.63) is 29.6 Å². The molecule has 0 spiro atoms. The Labute approximate surface area is 110 Å². The molecule has 3 heteroatoms. The first-order valence-electron chi connectivity index (χ1n) is 7.19. The standard InChI is InChI=1S/C15H23N3/c1-12-6-7-18(10-12)11-15-3-2-13(9-17-15)8-16-14-4-5-14/h2-3,9,12,14,16H,4-8,10-11H2,1H3. The number of pyridine rings is 1. The second-order valence-electron chi connectivity index (χ2n) is 5.94. The van der Waals surface area contributed by atoms with E-state index in [0.717, 1.165) is 25.0 Å². The lowest BCUT2D eigenvalue weighted by Gasteiger charge is -2.14. The van der Waals surface area contributed by atoms with Gasteiger partial charge in [0.15, 0.2) is 0 Å². The molecule has 3 nitrogen and oxygen atoms in total. The summed E-state index contributed by atoms with van der Waals surface area (Å²) in [6.07, 6.45) is 6.06. The van der Waals surface area contributed by atoms with Crippen LogP contribution < -0.4 is 5.32 Å². The zero-order valence-corrected chi connectivity index (χ0v) is 11.2. The van der Waals surface area contributed by atoms with Crippen molar-refractivity contribution in [1.82, 2.24) is 15.2 Å². The molecular formula is C15H23N3. The molecule has 1 saturated carbocycles. The number of nitrogens with one attached hydrogen (secondary N) is 1. The minimum Gasteiger partial charge on any atom is -0.310 e. The minimum absolute atomic E-state index is 0.774. The number of aromatic nitrogens is 1. The molecule has 0 bridgehead atoms. The summed E-state index contributed by atoms with van der Waals surface area (Å²) in [6.45, 7) is 6.78. The molecule has 1 atom stereocenters. The molecule has 2 aliphatic rings. The highest BCUT2D eigenvalue weighted by atomic mass is 15.1. The van der Waals surface area contributed by atoms with E-state index < -0.39 is 0 Å². The summed E-state index contributed by atoms with van der Waals surface area (Å²) >= 11 is 0. The summed E-state index contributed by atoms with van der Waals surface area (Å²) < 4.78 is 0. The van der Waals surface area contributed by atoms with Crippen molar-refractivity contribution in [2.45, 2.75) is 45.3 Å². The Kier molecular flexibility index (Phi) is 3.62. The first-order chi connectivity index (χ1) is 8.79. The second kappa shape index (κ2) is 5.37. The van der Waals surface area contributed by atoms with Gasteiger partial charge in [0.1, 0.15) is 0 Å². The number of likely N-dealkylation sites (tertiary alicyclic amines) is 1. The number of hydrogen-bond acceptors (Lipinski definition) is 3. The number of rotatable bonds is 5. The second-order valence-corrected chi connectivity index (χ2v) is 5.94. The van der Waals surface area contributed by atoms with Crippen molar-refractivity contribution in [1.29, 1.82) is 0 Å². The van der Waals surface area contributed by atoms with Gasteiger partial charge in [-0.25, -0.2) is 0 Å². The Hall–Kier alpha value is -0.930. The highest BCUT2D eigenvalue weighted by molar-refractivity contribution is 5.14. The Morgan fingerprint density at radius 2 is 2.22 bits per heavy atom. The van der Waals surface area contributed by atoms with Crippen molar-refractivity contribution in [3.8, 4) is 0 Å². The average Bonchev–Trinajstić information content (AvgIpc) is 3.12. The third-order valence-corrected chi connectivity index (χ3v) is 3.95. The zero-order valence-electron chi connectivity index (χ0n) is 11.2. The van der Waals surface area contributed by atoms with Crippen LogP contribution in [0.5, 0.6) is 0 Å². The monoisotopic (exact) mass is 245 g/mol. The van der Waals surface area contributed by atoms with E-state index in [1.165, 1.54) is 43.6 Å². The van der Waals surface area contributed by atoms with Crippen LogP contribution in [-0.4, -0.2) is 29.0 Å². The summed E-state index contributed by atoms with van der Waals surface area (Å²) in [5, 5.41) is 3.52. The zero-order chi connectivity index (χ0) is 12.4. The van der Waals surface area contributed by atoms with Crippen molar-refractivity contribution in [2.75, 3.05) is 13.1 Å². The summed E-state index contributed by atoms with van der Waals surface area (Å²) in [4.78, 5) is 7.09. The van der Waals surface area contributed by atoms with E-state index in [1.54, 1.807) is 0 Å². The van der Waals surface area contributed by atoms with Gasteiger partial charge in [0.05, 0.1) is 5.69 Å². The van der Waals surface area contributed by atoms with Crippen molar-refractivity contribution < 1.29 is 0 Å². The van der Waals surface area contributed by atoms with Gasteiger partial charge in [0.25, 0.3) is 0 Å². The van der Waals surface area contributed by atoms with Crippen LogP contribution in [0.1, 0.15) is 37.4 Å². The molecule has 1 aromatic heterocycles. The molecule has 2 heterocycles. The molecule has 0 radical (unpaired) electrons. The molecule has 2 fully saturated rings. The van der Waals surface area contributed by atoms with Gasteiger partial charge >= 0.3 is 0 Å². The van der Waals surface area contributed by atoms with Crippen LogP contribution in [-0.2, 0) is 13.1 Å². The molecule has 1 unspecified atom stereocenters. The Bertz CT molecular complexity index is 383. The van der Waals surface area contributed by atoms with Crippen molar-refractivity contribution >= 4 is 0 Å². The van der Waals surface area contributed by atoms with Crippen LogP contribution in [0.2, 0.25) is 0 Å². The molecular weight excluding hydrogens is 222 g/mol. The molecule has 18 heavy (non-hydrogen) atoms. The number of nitrogens with zero attached hydrogens (tertiary/aromatic N) is 2. The highest BCUT2D eigenvalue weighted by Gasteiger charge is 2.20. The summed E-state index contributed by atoms with van der Waals surface area (Å²) in [5.41, 5.74) is 2.51. The van der Waals surface area contributed by atoms with Crippen LogP contribution in [0.25, 0.3) is 0 Å². The molecule has 1 aliphatic carbocycles. The topological polar surface area (TPSA) is 28.2 Å². The maximum Gasteiger partial charge on any atom is 0.0544 e. The predicted octanol–water partition coefficient (Wildman–Crippen LogP) is 2.18. The van der Waals surface area contributed by atoms with E-state index in [1.807, 2.05) is 6.20 Å². The number of hydrogen-bond donors (Lipinski definition) is 1. The van der Waals surface area contributed by atoms with Gasteiger partial charge in [-0.3, -0.25) is 9.88 Å². The molecule has 1 aliphatic heterocycles. The van der Waals surface area contributed by atoms with Crippen LogP contribution in [0, 0.1) is 5.92 Å². The fourth-order valence-electron chi connectivity index (χ4n) is 2.60. The van der Waals surface area contributed by atoms with Crippen LogP contribution in [0.3, 0.4) is 0 Å². The van der Waals surface area contributed by atoms with Crippen molar-refractivity contribution in [3.63, 3.8) is 0 Å². The lowest BCUT2D eigenvalue weighted by atomic mass is 10.2. The van der Waals surface area contributed by atoms with Gasteiger partial charge in [0, 0.05) is 31.9 Å². The fraction of sp³-hybridized carbons (Fsp3) is 0.667. The molecule has 3 rings (SSSR count). The normalized spacial score (nSPS) is 24.6. The Balaban J connectivity index is 1.50. The lowest BCUT2D eigenvalue weighted by molar-refractivity contribution is 0.316. The van der Waals surface area contributed by atoms with Crippen LogP contribution >= 0.6 is 0 Å². The molecule has 0 amide bonds. The molecule has 0 aromatic carbocycles. The van der Waals surface area contributed by atoms with Gasteiger partial charge in [-0.15, -0.1) is 0 Å². The smallest absolute Gasteiger partial charge is 0.0544 e. The third kappa shape index (κ3) is 3.30. The average molecular weight is 245 g/mol. The Morgan fingerprint density at radius 1 is 1.33 bits per heavy atom. The first kappa shape index (κ1) is 12.1. The molecule has 98 valence electrons. The molecule has 1 aromatic rings. The maximum absolute atomic E-state index is 4.58. The first-order valence-corrected chi connectivity index (χ1v) is 7.19.